The first-order valence-electron chi connectivity index (χ1n) is 9.05. The molecule has 8 nitrogen and oxygen atoms in total. The number of anilines is 1. The van der Waals surface area contributed by atoms with Crippen LogP contribution in [0.25, 0.3) is 5.65 Å². The van der Waals surface area contributed by atoms with Gasteiger partial charge in [0.1, 0.15) is 22.9 Å². The number of ether oxygens (including phenoxy) is 1. The zero-order valence-electron chi connectivity index (χ0n) is 15.5. The number of β-amino-alcohol motifs (C(OH)–C–C–N with tert-alkyl or cyclic N) is 1. The molecular weight excluding hydrogens is 384 g/mol. The molecule has 0 radical (unpaired) electrons. The molecule has 1 saturated heterocycles. The molecule has 0 amide bonds. The second kappa shape index (κ2) is 7.05. The first-order chi connectivity index (χ1) is 13.8. The molecule has 3 heterocycles. The minimum atomic E-state index is -1.63. The molecule has 1 aliphatic rings. The highest BCUT2D eigenvalue weighted by atomic mass is 19.1. The van der Waals surface area contributed by atoms with Gasteiger partial charge in [0.25, 0.3) is 0 Å². The first kappa shape index (κ1) is 19.2. The van der Waals surface area contributed by atoms with Gasteiger partial charge < -0.3 is 20.5 Å². The standard InChI is InChI=1S/C19H19F2N5O3/c1-2-29-18(28)15-16-23-6-3-7-26(16)24-17(15)25-10-12(27)9-19(25,22)13-8-11(20)4-5-14(13)21/h3-8,12,27H,2,9-10,22H2,1H3/t12-,19-/m0/s1. The summed E-state index contributed by atoms with van der Waals surface area (Å²) in [6, 6.07) is 4.56. The van der Waals surface area contributed by atoms with Gasteiger partial charge in [-0.05, 0) is 31.2 Å². The third-order valence-corrected chi connectivity index (χ3v) is 4.93. The molecule has 3 N–H and O–H groups in total. The van der Waals surface area contributed by atoms with E-state index < -0.39 is 29.4 Å². The predicted molar refractivity (Wildman–Crippen MR) is 99.1 cm³/mol. The van der Waals surface area contributed by atoms with Crippen LogP contribution in [0.1, 0.15) is 29.3 Å². The molecule has 3 aromatic rings. The second-order valence-electron chi connectivity index (χ2n) is 6.82. The van der Waals surface area contributed by atoms with Crippen LogP contribution in [0.15, 0.2) is 36.7 Å². The quantitative estimate of drug-likeness (QED) is 0.637. The van der Waals surface area contributed by atoms with Crippen LogP contribution in [-0.2, 0) is 10.4 Å². The van der Waals surface area contributed by atoms with Crippen molar-refractivity contribution in [2.75, 3.05) is 18.1 Å². The molecule has 2 atom stereocenters. The van der Waals surface area contributed by atoms with Crippen LogP contribution in [0, 0.1) is 11.6 Å². The maximum atomic E-state index is 14.6. The molecule has 29 heavy (non-hydrogen) atoms. The number of esters is 1. The number of carbonyl (C=O) groups excluding carboxylic acids is 1. The average molecular weight is 403 g/mol. The molecule has 2 aromatic heterocycles. The Morgan fingerprint density at radius 1 is 1.45 bits per heavy atom. The van der Waals surface area contributed by atoms with E-state index in [-0.39, 0.29) is 42.2 Å². The van der Waals surface area contributed by atoms with Crippen molar-refractivity contribution in [1.29, 1.82) is 0 Å². The smallest absolute Gasteiger partial charge is 0.345 e. The Morgan fingerprint density at radius 2 is 2.24 bits per heavy atom. The molecule has 152 valence electrons. The predicted octanol–water partition coefficient (Wildman–Crippen LogP) is 1.57. The molecule has 1 fully saturated rings. The lowest BCUT2D eigenvalue weighted by Crippen LogP contribution is -2.50. The van der Waals surface area contributed by atoms with Crippen molar-refractivity contribution >= 4 is 17.4 Å². The molecule has 1 aliphatic heterocycles. The van der Waals surface area contributed by atoms with Crippen LogP contribution >= 0.6 is 0 Å². The van der Waals surface area contributed by atoms with E-state index >= 15 is 0 Å². The van der Waals surface area contributed by atoms with Crippen molar-refractivity contribution in [1.82, 2.24) is 14.6 Å². The normalized spacial score (nSPS) is 21.7. The van der Waals surface area contributed by atoms with E-state index in [4.69, 9.17) is 10.5 Å². The zero-order valence-corrected chi connectivity index (χ0v) is 15.5. The fourth-order valence-electron chi connectivity index (χ4n) is 3.72. The highest BCUT2D eigenvalue weighted by Crippen LogP contribution is 2.41. The average Bonchev–Trinajstić information content (AvgIpc) is 3.21. The summed E-state index contributed by atoms with van der Waals surface area (Å²) in [4.78, 5) is 18.3. The number of nitrogens with zero attached hydrogens (tertiary/aromatic N) is 4. The van der Waals surface area contributed by atoms with Crippen molar-refractivity contribution in [3.63, 3.8) is 0 Å². The number of aliphatic hydroxyl groups is 1. The van der Waals surface area contributed by atoms with Gasteiger partial charge in [-0.15, -0.1) is 5.10 Å². The van der Waals surface area contributed by atoms with Crippen molar-refractivity contribution in [3.05, 3.63) is 59.4 Å². The number of nitrogens with two attached hydrogens (primary N) is 1. The molecule has 0 saturated carbocycles. The van der Waals surface area contributed by atoms with Gasteiger partial charge in [-0.1, -0.05) is 0 Å². The lowest BCUT2D eigenvalue weighted by atomic mass is 9.95. The molecular formula is C19H19F2N5O3. The molecule has 0 aliphatic carbocycles. The topological polar surface area (TPSA) is 106 Å². The van der Waals surface area contributed by atoms with Crippen molar-refractivity contribution in [3.8, 4) is 0 Å². The van der Waals surface area contributed by atoms with Crippen LogP contribution < -0.4 is 10.6 Å². The van der Waals surface area contributed by atoms with Gasteiger partial charge in [-0.25, -0.2) is 23.1 Å². The maximum Gasteiger partial charge on any atom is 0.345 e. The van der Waals surface area contributed by atoms with E-state index in [1.165, 1.54) is 15.6 Å². The molecule has 1 aromatic carbocycles. The van der Waals surface area contributed by atoms with Gasteiger partial charge in [0.2, 0.25) is 0 Å². The van der Waals surface area contributed by atoms with E-state index in [1.54, 1.807) is 19.2 Å². The summed E-state index contributed by atoms with van der Waals surface area (Å²) in [6.07, 6.45) is 2.04. The Kier molecular flexibility index (Phi) is 4.67. The summed E-state index contributed by atoms with van der Waals surface area (Å²) in [6.45, 7) is 1.74. The molecule has 0 unspecified atom stereocenters. The summed E-state index contributed by atoms with van der Waals surface area (Å²) in [7, 11) is 0. The number of hydrogen-bond donors (Lipinski definition) is 2. The van der Waals surface area contributed by atoms with Crippen LogP contribution in [0.3, 0.4) is 0 Å². The number of benzene rings is 1. The van der Waals surface area contributed by atoms with Gasteiger partial charge in [0, 0.05) is 30.9 Å². The van der Waals surface area contributed by atoms with Gasteiger partial charge in [0.05, 0.1) is 12.7 Å². The summed E-state index contributed by atoms with van der Waals surface area (Å²) >= 11 is 0. The third-order valence-electron chi connectivity index (χ3n) is 4.93. The van der Waals surface area contributed by atoms with Gasteiger partial charge >= 0.3 is 5.97 Å². The third kappa shape index (κ3) is 3.10. The Balaban J connectivity index is 1.93. The van der Waals surface area contributed by atoms with E-state index in [0.29, 0.717) is 0 Å². The van der Waals surface area contributed by atoms with Crippen LogP contribution in [0.4, 0.5) is 14.6 Å². The Morgan fingerprint density at radius 3 is 3.00 bits per heavy atom. The molecule has 0 bridgehead atoms. The summed E-state index contributed by atoms with van der Waals surface area (Å²) in [5.74, 6) is -2.01. The van der Waals surface area contributed by atoms with Crippen molar-refractivity contribution < 1.29 is 23.4 Å². The monoisotopic (exact) mass is 403 g/mol. The lowest BCUT2D eigenvalue weighted by molar-refractivity contribution is 0.0529. The number of carbonyl (C=O) groups is 1. The van der Waals surface area contributed by atoms with Crippen molar-refractivity contribution in [2.24, 2.45) is 5.73 Å². The maximum absolute atomic E-state index is 14.6. The number of fused-ring (bicyclic) bond motifs is 1. The SMILES string of the molecule is CCOC(=O)c1c(N2C[C@@H](O)C[C@@]2(N)c2cc(F)ccc2F)nn2cccnc12. The summed E-state index contributed by atoms with van der Waals surface area (Å²) < 4.78 is 35.0. The highest BCUT2D eigenvalue weighted by molar-refractivity contribution is 6.01. The lowest BCUT2D eigenvalue weighted by Gasteiger charge is -2.35. The minimum absolute atomic E-state index is 0.0354. The fourth-order valence-corrected chi connectivity index (χ4v) is 3.72. The van der Waals surface area contributed by atoms with Crippen LogP contribution in [-0.4, -0.2) is 44.9 Å². The largest absolute Gasteiger partial charge is 0.462 e. The Labute approximate surface area is 164 Å². The Hall–Kier alpha value is -3.11. The minimum Gasteiger partial charge on any atom is -0.462 e. The van der Waals surface area contributed by atoms with Gasteiger partial charge in [-0.3, -0.25) is 0 Å². The number of hydrogen-bond acceptors (Lipinski definition) is 7. The molecule has 4 rings (SSSR count). The van der Waals surface area contributed by atoms with Gasteiger partial charge in [-0.2, -0.15) is 0 Å². The number of rotatable bonds is 4. The van der Waals surface area contributed by atoms with E-state index in [9.17, 15) is 18.7 Å². The van der Waals surface area contributed by atoms with Crippen LogP contribution in [0.2, 0.25) is 0 Å². The number of halogens is 2. The number of aromatic nitrogens is 3. The number of aliphatic hydroxyl groups excluding tert-OH is 1. The molecule has 0 spiro atoms. The molecule has 10 heteroatoms. The van der Waals surface area contributed by atoms with Crippen molar-refractivity contribution in [2.45, 2.75) is 25.1 Å². The zero-order chi connectivity index (χ0) is 20.8. The summed E-state index contributed by atoms with van der Waals surface area (Å²) in [5, 5.41) is 14.7. The van der Waals surface area contributed by atoms with E-state index in [2.05, 4.69) is 10.1 Å². The highest BCUT2D eigenvalue weighted by Gasteiger charge is 2.48. The fraction of sp³-hybridized carbons (Fsp3) is 0.316. The Bertz CT molecular complexity index is 1090. The van der Waals surface area contributed by atoms with Gasteiger partial charge in [0.15, 0.2) is 11.5 Å². The second-order valence-corrected chi connectivity index (χ2v) is 6.82. The van der Waals surface area contributed by atoms with Crippen LogP contribution in [0.5, 0.6) is 0 Å². The van der Waals surface area contributed by atoms with E-state index in [0.717, 1.165) is 18.2 Å². The first-order valence-corrected chi connectivity index (χ1v) is 9.05. The van der Waals surface area contributed by atoms with E-state index in [1.807, 2.05) is 0 Å². The summed E-state index contributed by atoms with van der Waals surface area (Å²) in [5.41, 5.74) is 5.00.